The topological polar surface area (TPSA) is 29.1 Å². The van der Waals surface area contributed by atoms with Gasteiger partial charge in [-0.3, -0.25) is 4.79 Å². The van der Waals surface area contributed by atoms with E-state index in [2.05, 4.69) is 17.2 Å². The van der Waals surface area contributed by atoms with Crippen molar-refractivity contribution < 1.29 is 9.18 Å². The number of carbonyl (C=O) groups excluding carboxylic acids is 1. The monoisotopic (exact) mass is 219 g/mol. The summed E-state index contributed by atoms with van der Waals surface area (Å²) in [5.41, 5.74) is 0.997. The van der Waals surface area contributed by atoms with Gasteiger partial charge >= 0.3 is 0 Å². The summed E-state index contributed by atoms with van der Waals surface area (Å²) in [6.45, 7) is 3.65. The lowest BCUT2D eigenvalue weighted by Crippen LogP contribution is -2.20. The van der Waals surface area contributed by atoms with Crippen LogP contribution in [0.5, 0.6) is 0 Å². The van der Waals surface area contributed by atoms with E-state index in [1.54, 1.807) is 25.1 Å². The predicted octanol–water partition coefficient (Wildman–Crippen LogP) is 2.01. The molecule has 1 N–H and O–H groups in total. The minimum absolute atomic E-state index is 0.0801. The van der Waals surface area contributed by atoms with Crippen molar-refractivity contribution in [2.75, 3.05) is 6.54 Å². The fourth-order valence-electron chi connectivity index (χ4n) is 1.20. The van der Waals surface area contributed by atoms with E-state index in [4.69, 9.17) is 0 Å². The van der Waals surface area contributed by atoms with Gasteiger partial charge in [0.25, 0.3) is 0 Å². The number of hydrogen-bond donors (Lipinski definition) is 1. The lowest BCUT2D eigenvalue weighted by molar-refractivity contribution is -0.118. The SMILES string of the molecule is CC(=O)NCCC#Cc1cccc(C)c1F. The highest BCUT2D eigenvalue weighted by Crippen LogP contribution is 2.10. The van der Waals surface area contributed by atoms with Gasteiger partial charge < -0.3 is 5.32 Å². The Morgan fingerprint density at radius 3 is 2.94 bits per heavy atom. The van der Waals surface area contributed by atoms with Gasteiger partial charge in [0.15, 0.2) is 0 Å². The molecule has 1 rings (SSSR count). The Hall–Kier alpha value is -1.82. The van der Waals surface area contributed by atoms with Crippen LogP contribution in [0.15, 0.2) is 18.2 Å². The largest absolute Gasteiger partial charge is 0.355 e. The smallest absolute Gasteiger partial charge is 0.216 e. The van der Waals surface area contributed by atoms with Gasteiger partial charge in [-0.2, -0.15) is 0 Å². The average molecular weight is 219 g/mol. The van der Waals surface area contributed by atoms with Crippen molar-refractivity contribution in [2.24, 2.45) is 0 Å². The normalized spacial score (nSPS) is 9.19. The van der Waals surface area contributed by atoms with E-state index in [0.29, 0.717) is 24.1 Å². The van der Waals surface area contributed by atoms with Gasteiger partial charge in [0.2, 0.25) is 5.91 Å². The molecule has 0 spiro atoms. The lowest BCUT2D eigenvalue weighted by Gasteiger charge is -1.98. The van der Waals surface area contributed by atoms with E-state index in [1.807, 2.05) is 0 Å². The van der Waals surface area contributed by atoms with E-state index in [9.17, 15) is 9.18 Å². The van der Waals surface area contributed by atoms with E-state index in [0.717, 1.165) is 0 Å². The molecule has 1 amide bonds. The molecule has 84 valence electrons. The number of amides is 1. The Balaban J connectivity index is 2.56. The van der Waals surface area contributed by atoms with Gasteiger partial charge in [0.1, 0.15) is 5.82 Å². The molecule has 1 aromatic rings. The first-order valence-corrected chi connectivity index (χ1v) is 5.09. The zero-order valence-corrected chi connectivity index (χ0v) is 9.43. The van der Waals surface area contributed by atoms with Gasteiger partial charge in [-0.1, -0.05) is 24.0 Å². The highest BCUT2D eigenvalue weighted by atomic mass is 19.1. The first-order chi connectivity index (χ1) is 7.61. The molecule has 0 heterocycles. The van der Waals surface area contributed by atoms with Crippen molar-refractivity contribution in [3.63, 3.8) is 0 Å². The zero-order valence-electron chi connectivity index (χ0n) is 9.43. The van der Waals surface area contributed by atoms with Gasteiger partial charge in [0.05, 0.1) is 5.56 Å². The molecule has 0 atom stereocenters. The van der Waals surface area contributed by atoms with Crippen molar-refractivity contribution in [2.45, 2.75) is 20.3 Å². The molecule has 0 saturated carbocycles. The van der Waals surface area contributed by atoms with Gasteiger partial charge in [-0.15, -0.1) is 0 Å². The highest BCUT2D eigenvalue weighted by molar-refractivity contribution is 5.72. The standard InChI is InChI=1S/C13H14FNO/c1-10-6-5-8-12(13(10)14)7-3-4-9-15-11(2)16/h5-6,8H,4,9H2,1-2H3,(H,15,16). The number of aryl methyl sites for hydroxylation is 1. The molecule has 0 aliphatic rings. The third kappa shape index (κ3) is 3.74. The summed E-state index contributed by atoms with van der Waals surface area (Å²) in [6, 6.07) is 5.13. The Kier molecular flexibility index (Phi) is 4.53. The lowest BCUT2D eigenvalue weighted by atomic mass is 10.1. The van der Waals surface area contributed by atoms with Crippen molar-refractivity contribution >= 4 is 5.91 Å². The van der Waals surface area contributed by atoms with Gasteiger partial charge in [-0.05, 0) is 18.6 Å². The van der Waals surface area contributed by atoms with Crippen molar-refractivity contribution in [3.05, 3.63) is 35.1 Å². The maximum absolute atomic E-state index is 13.5. The molecule has 0 aliphatic carbocycles. The molecule has 0 bridgehead atoms. The fraction of sp³-hybridized carbons (Fsp3) is 0.308. The zero-order chi connectivity index (χ0) is 12.0. The van der Waals surface area contributed by atoms with Crippen LogP contribution in [0.3, 0.4) is 0 Å². The first-order valence-electron chi connectivity index (χ1n) is 5.09. The highest BCUT2D eigenvalue weighted by Gasteiger charge is 2.00. The molecule has 1 aromatic carbocycles. The second-order valence-electron chi connectivity index (χ2n) is 3.47. The van der Waals surface area contributed by atoms with Crippen LogP contribution in [0, 0.1) is 24.6 Å². The molecule has 2 nitrogen and oxygen atoms in total. The van der Waals surface area contributed by atoms with Crippen molar-refractivity contribution in [1.29, 1.82) is 0 Å². The first kappa shape index (κ1) is 12.3. The van der Waals surface area contributed by atoms with Crippen LogP contribution in [0.2, 0.25) is 0 Å². The molecular formula is C13H14FNO. The van der Waals surface area contributed by atoms with Crippen LogP contribution in [0.1, 0.15) is 24.5 Å². The number of hydrogen-bond acceptors (Lipinski definition) is 1. The molecule has 0 unspecified atom stereocenters. The van der Waals surface area contributed by atoms with Crippen LogP contribution in [0.4, 0.5) is 4.39 Å². The maximum atomic E-state index is 13.5. The minimum Gasteiger partial charge on any atom is -0.355 e. The third-order valence-electron chi connectivity index (χ3n) is 2.04. The number of halogens is 1. The van der Waals surface area contributed by atoms with Gasteiger partial charge in [-0.25, -0.2) is 4.39 Å². The molecule has 16 heavy (non-hydrogen) atoms. The maximum Gasteiger partial charge on any atom is 0.216 e. The third-order valence-corrected chi connectivity index (χ3v) is 2.04. The summed E-state index contributed by atoms with van der Waals surface area (Å²) in [4.78, 5) is 10.6. The fourth-order valence-corrected chi connectivity index (χ4v) is 1.20. The van der Waals surface area contributed by atoms with Crippen molar-refractivity contribution in [1.82, 2.24) is 5.32 Å². The number of nitrogens with one attached hydrogen (secondary N) is 1. The quantitative estimate of drug-likeness (QED) is 0.598. The molecule has 0 aliphatic heterocycles. The van der Waals surface area contributed by atoms with E-state index in [-0.39, 0.29) is 11.7 Å². The van der Waals surface area contributed by atoms with Crippen LogP contribution in [-0.2, 0) is 4.79 Å². The van der Waals surface area contributed by atoms with E-state index < -0.39 is 0 Å². The van der Waals surface area contributed by atoms with Gasteiger partial charge in [0, 0.05) is 19.9 Å². The van der Waals surface area contributed by atoms with Crippen LogP contribution in [0.25, 0.3) is 0 Å². The summed E-state index contributed by atoms with van der Waals surface area (Å²) in [6.07, 6.45) is 0.521. The summed E-state index contributed by atoms with van der Waals surface area (Å²) in [5.74, 6) is 5.22. The summed E-state index contributed by atoms with van der Waals surface area (Å²) < 4.78 is 13.5. The molecular weight excluding hydrogens is 205 g/mol. The Labute approximate surface area is 94.9 Å². The average Bonchev–Trinajstić information content (AvgIpc) is 2.23. The summed E-state index contributed by atoms with van der Waals surface area (Å²) in [5, 5.41) is 2.62. The summed E-state index contributed by atoms with van der Waals surface area (Å²) >= 11 is 0. The number of rotatable bonds is 2. The Morgan fingerprint density at radius 1 is 1.50 bits per heavy atom. The van der Waals surface area contributed by atoms with Crippen LogP contribution >= 0.6 is 0 Å². The Bertz CT molecular complexity index is 443. The second-order valence-corrected chi connectivity index (χ2v) is 3.47. The minimum atomic E-state index is -0.269. The van der Waals surface area contributed by atoms with Crippen LogP contribution in [-0.4, -0.2) is 12.5 Å². The van der Waals surface area contributed by atoms with Crippen molar-refractivity contribution in [3.8, 4) is 11.8 Å². The predicted molar refractivity (Wildman–Crippen MR) is 61.3 cm³/mol. The summed E-state index contributed by atoms with van der Waals surface area (Å²) in [7, 11) is 0. The van der Waals surface area contributed by atoms with Crippen LogP contribution < -0.4 is 5.32 Å². The van der Waals surface area contributed by atoms with E-state index in [1.165, 1.54) is 6.92 Å². The molecule has 0 radical (unpaired) electrons. The molecule has 3 heteroatoms. The number of carbonyl (C=O) groups is 1. The second kappa shape index (κ2) is 5.92. The molecule has 0 aromatic heterocycles. The number of benzene rings is 1. The molecule has 0 fully saturated rings. The van der Waals surface area contributed by atoms with E-state index >= 15 is 0 Å². The molecule has 0 saturated heterocycles. The Morgan fingerprint density at radius 2 is 2.25 bits per heavy atom.